The number of carbonyl (C=O) groups excluding carboxylic acids is 1. The van der Waals surface area contributed by atoms with E-state index in [0.29, 0.717) is 22.3 Å². The molecule has 4 nitrogen and oxygen atoms in total. The summed E-state index contributed by atoms with van der Waals surface area (Å²) in [6.07, 6.45) is 3.65. The van der Waals surface area contributed by atoms with E-state index in [1.165, 1.54) is 11.3 Å². The molecule has 2 rings (SSSR count). The van der Waals surface area contributed by atoms with Gasteiger partial charge < -0.3 is 4.57 Å². The van der Waals surface area contributed by atoms with E-state index in [9.17, 15) is 4.79 Å². The average molecular weight is 284 g/mol. The molecule has 0 saturated carbocycles. The smallest absolute Gasteiger partial charge is 0.186 e. The Balaban J connectivity index is 1.93. The molecular formula is C12H14ClN3OS. The minimum absolute atomic E-state index is 0.0867. The SMILES string of the molecule is CN(CC(=O)c1ccc(Cl)s1)Cc1nccn1C. The fourth-order valence-corrected chi connectivity index (χ4v) is 2.61. The maximum absolute atomic E-state index is 12.0. The van der Waals surface area contributed by atoms with Crippen LogP contribution in [0.4, 0.5) is 0 Å². The number of Topliss-reactive ketones (excluding diaryl/α,β-unsaturated/α-hetero) is 1. The van der Waals surface area contributed by atoms with Gasteiger partial charge in [-0.2, -0.15) is 0 Å². The molecule has 2 aromatic heterocycles. The van der Waals surface area contributed by atoms with Crippen molar-refractivity contribution in [2.45, 2.75) is 6.54 Å². The molecule has 18 heavy (non-hydrogen) atoms. The third kappa shape index (κ3) is 3.19. The summed E-state index contributed by atoms with van der Waals surface area (Å²) in [5.74, 6) is 1.03. The second kappa shape index (κ2) is 5.65. The van der Waals surface area contributed by atoms with Gasteiger partial charge >= 0.3 is 0 Å². The van der Waals surface area contributed by atoms with Gasteiger partial charge in [0.05, 0.1) is 22.3 Å². The van der Waals surface area contributed by atoms with Crippen LogP contribution < -0.4 is 0 Å². The van der Waals surface area contributed by atoms with Gasteiger partial charge in [-0.3, -0.25) is 9.69 Å². The molecule has 0 spiro atoms. The van der Waals surface area contributed by atoms with Crippen molar-refractivity contribution in [1.29, 1.82) is 0 Å². The predicted molar refractivity (Wildman–Crippen MR) is 73.2 cm³/mol. The van der Waals surface area contributed by atoms with E-state index in [0.717, 1.165) is 5.82 Å². The van der Waals surface area contributed by atoms with Crippen LogP contribution in [0.25, 0.3) is 0 Å². The number of imidazole rings is 1. The first-order valence-electron chi connectivity index (χ1n) is 5.49. The largest absolute Gasteiger partial charge is 0.337 e. The zero-order valence-electron chi connectivity index (χ0n) is 10.3. The number of hydrogen-bond acceptors (Lipinski definition) is 4. The lowest BCUT2D eigenvalue weighted by Crippen LogP contribution is -2.26. The number of ketones is 1. The predicted octanol–water partition coefficient (Wildman–Crippen LogP) is 2.45. The summed E-state index contributed by atoms with van der Waals surface area (Å²) >= 11 is 7.13. The molecule has 0 amide bonds. The molecule has 0 aliphatic rings. The van der Waals surface area contributed by atoms with Crippen molar-refractivity contribution in [2.75, 3.05) is 13.6 Å². The van der Waals surface area contributed by atoms with Crippen molar-refractivity contribution in [3.8, 4) is 0 Å². The molecule has 0 fully saturated rings. The van der Waals surface area contributed by atoms with Gasteiger partial charge in [0.15, 0.2) is 5.78 Å². The normalized spacial score (nSPS) is 11.1. The van der Waals surface area contributed by atoms with Crippen LogP contribution in [0, 0.1) is 0 Å². The third-order valence-corrected chi connectivity index (χ3v) is 3.87. The molecule has 2 aromatic rings. The zero-order chi connectivity index (χ0) is 13.1. The van der Waals surface area contributed by atoms with Gasteiger partial charge in [-0.25, -0.2) is 4.98 Å². The lowest BCUT2D eigenvalue weighted by molar-refractivity contribution is 0.0945. The molecule has 96 valence electrons. The monoisotopic (exact) mass is 283 g/mol. The van der Waals surface area contributed by atoms with Crippen LogP contribution in [-0.4, -0.2) is 33.8 Å². The van der Waals surface area contributed by atoms with Gasteiger partial charge in [0, 0.05) is 19.4 Å². The highest BCUT2D eigenvalue weighted by atomic mass is 35.5. The van der Waals surface area contributed by atoms with Crippen LogP contribution in [0.3, 0.4) is 0 Å². The lowest BCUT2D eigenvalue weighted by atomic mass is 10.3. The van der Waals surface area contributed by atoms with Gasteiger partial charge in [-0.15, -0.1) is 11.3 Å². The number of likely N-dealkylation sites (N-methyl/N-ethyl adjacent to an activating group) is 1. The second-order valence-corrected chi connectivity index (χ2v) is 5.87. The number of nitrogens with zero attached hydrogens (tertiary/aromatic N) is 3. The summed E-state index contributed by atoms with van der Waals surface area (Å²) in [6, 6.07) is 3.52. The standard InChI is InChI=1S/C12H14ClN3OS/c1-15(8-12-14-5-6-16(12)2)7-9(17)10-3-4-11(13)18-10/h3-6H,7-8H2,1-2H3. The van der Waals surface area contributed by atoms with Crippen LogP contribution in [0.15, 0.2) is 24.5 Å². The summed E-state index contributed by atoms with van der Waals surface area (Å²) in [7, 11) is 3.85. The number of hydrogen-bond donors (Lipinski definition) is 0. The fourth-order valence-electron chi connectivity index (χ4n) is 1.63. The number of rotatable bonds is 5. The van der Waals surface area contributed by atoms with Crippen LogP contribution in [0.1, 0.15) is 15.5 Å². The molecule has 0 unspecified atom stereocenters. The molecule has 6 heteroatoms. The summed E-state index contributed by atoms with van der Waals surface area (Å²) in [6.45, 7) is 1.01. The summed E-state index contributed by atoms with van der Waals surface area (Å²) < 4.78 is 2.59. The molecule has 0 N–H and O–H groups in total. The van der Waals surface area contributed by atoms with Crippen LogP contribution in [0.5, 0.6) is 0 Å². The van der Waals surface area contributed by atoms with Gasteiger partial charge in [-0.05, 0) is 19.2 Å². The van der Waals surface area contributed by atoms with Gasteiger partial charge in [0.1, 0.15) is 5.82 Å². The maximum Gasteiger partial charge on any atom is 0.186 e. The van der Waals surface area contributed by atoms with Gasteiger partial charge in [-0.1, -0.05) is 11.6 Å². The molecule has 0 atom stereocenters. The van der Waals surface area contributed by atoms with Crippen molar-refractivity contribution in [3.05, 3.63) is 39.6 Å². The van der Waals surface area contributed by atoms with Gasteiger partial charge in [0.25, 0.3) is 0 Å². The maximum atomic E-state index is 12.0. The van der Waals surface area contributed by atoms with E-state index in [-0.39, 0.29) is 5.78 Å². The molecule has 0 aliphatic carbocycles. The van der Waals surface area contributed by atoms with Crippen molar-refractivity contribution >= 4 is 28.7 Å². The quantitative estimate of drug-likeness (QED) is 0.791. The van der Waals surface area contributed by atoms with Crippen molar-refractivity contribution in [2.24, 2.45) is 7.05 Å². The Hall–Kier alpha value is -1.17. The Morgan fingerprint density at radius 1 is 1.56 bits per heavy atom. The van der Waals surface area contributed by atoms with Crippen LogP contribution >= 0.6 is 22.9 Å². The minimum atomic E-state index is 0.0867. The lowest BCUT2D eigenvalue weighted by Gasteiger charge is -2.14. The minimum Gasteiger partial charge on any atom is -0.337 e. The summed E-state index contributed by atoms with van der Waals surface area (Å²) in [4.78, 5) is 18.8. The van der Waals surface area contributed by atoms with E-state index in [1.54, 1.807) is 18.3 Å². The molecular weight excluding hydrogens is 270 g/mol. The van der Waals surface area contributed by atoms with Crippen molar-refractivity contribution < 1.29 is 4.79 Å². The first-order chi connectivity index (χ1) is 8.56. The topological polar surface area (TPSA) is 38.1 Å². The highest BCUT2D eigenvalue weighted by Gasteiger charge is 2.13. The van der Waals surface area contributed by atoms with Crippen molar-refractivity contribution in [3.63, 3.8) is 0 Å². The molecule has 2 heterocycles. The number of halogens is 1. The molecule has 0 bridgehead atoms. The van der Waals surface area contributed by atoms with E-state index in [2.05, 4.69) is 4.98 Å². The zero-order valence-corrected chi connectivity index (χ0v) is 11.8. The molecule has 0 aromatic carbocycles. The molecule has 0 radical (unpaired) electrons. The first-order valence-corrected chi connectivity index (χ1v) is 6.69. The number of carbonyl (C=O) groups is 1. The van der Waals surface area contributed by atoms with Gasteiger partial charge in [0.2, 0.25) is 0 Å². The van der Waals surface area contributed by atoms with E-state index >= 15 is 0 Å². The van der Waals surface area contributed by atoms with E-state index < -0.39 is 0 Å². The number of thiophene rings is 1. The second-order valence-electron chi connectivity index (χ2n) is 4.15. The number of aromatic nitrogens is 2. The first kappa shape index (κ1) is 13.3. The van der Waals surface area contributed by atoms with Crippen molar-refractivity contribution in [1.82, 2.24) is 14.5 Å². The fraction of sp³-hybridized carbons (Fsp3) is 0.333. The third-order valence-electron chi connectivity index (χ3n) is 2.59. The van der Waals surface area contributed by atoms with E-state index in [1.807, 2.05) is 29.8 Å². The summed E-state index contributed by atoms with van der Waals surface area (Å²) in [5, 5.41) is 0. The Labute approximate surface area is 115 Å². The Bertz CT molecular complexity index is 549. The molecule has 0 saturated heterocycles. The Morgan fingerprint density at radius 3 is 2.89 bits per heavy atom. The van der Waals surface area contributed by atoms with E-state index in [4.69, 9.17) is 11.6 Å². The Kier molecular flexibility index (Phi) is 4.16. The highest BCUT2D eigenvalue weighted by Crippen LogP contribution is 2.21. The Morgan fingerprint density at radius 2 is 2.33 bits per heavy atom. The molecule has 0 aliphatic heterocycles. The van der Waals surface area contributed by atoms with Crippen LogP contribution in [0.2, 0.25) is 4.34 Å². The average Bonchev–Trinajstić information content (AvgIpc) is 2.89. The highest BCUT2D eigenvalue weighted by molar-refractivity contribution is 7.18. The number of aryl methyl sites for hydroxylation is 1. The summed E-state index contributed by atoms with van der Waals surface area (Å²) in [5.41, 5.74) is 0. The van der Waals surface area contributed by atoms with Crippen LogP contribution in [-0.2, 0) is 13.6 Å².